The van der Waals surface area contributed by atoms with E-state index in [9.17, 15) is 10.2 Å². The molecule has 0 bridgehead atoms. The van der Waals surface area contributed by atoms with Gasteiger partial charge in [-0.1, -0.05) is 66.7 Å². The summed E-state index contributed by atoms with van der Waals surface area (Å²) in [5.74, 6) is 0.136. The van der Waals surface area contributed by atoms with Gasteiger partial charge in [-0.3, -0.25) is 0 Å². The first-order valence-corrected chi connectivity index (χ1v) is 10.9. The zero-order valence-corrected chi connectivity index (χ0v) is 18.8. The third-order valence-electron chi connectivity index (χ3n) is 5.79. The van der Waals surface area contributed by atoms with Gasteiger partial charge in [0.2, 0.25) is 0 Å². The lowest BCUT2D eigenvalue weighted by Gasteiger charge is -2.07. The molecule has 0 atom stereocenters. The van der Waals surface area contributed by atoms with E-state index in [0.29, 0.717) is 22.7 Å². The lowest BCUT2D eigenvalue weighted by Crippen LogP contribution is -1.80. The van der Waals surface area contributed by atoms with Crippen molar-refractivity contribution in [3.8, 4) is 11.5 Å². The van der Waals surface area contributed by atoms with Gasteiger partial charge in [-0.25, -0.2) is 0 Å². The van der Waals surface area contributed by atoms with Crippen molar-refractivity contribution in [1.29, 1.82) is 0 Å². The largest absolute Gasteiger partial charge is 0.506 e. The Morgan fingerprint density at radius 3 is 1.41 bits per heavy atom. The number of azo groups is 2. The first-order chi connectivity index (χ1) is 16.5. The Labute approximate surface area is 196 Å². The Balaban J connectivity index is 1.54. The molecule has 5 aromatic rings. The van der Waals surface area contributed by atoms with Gasteiger partial charge in [0.05, 0.1) is 11.4 Å². The maximum atomic E-state index is 10.4. The summed E-state index contributed by atoms with van der Waals surface area (Å²) in [6.07, 6.45) is 0. The van der Waals surface area contributed by atoms with E-state index in [2.05, 4.69) is 20.5 Å². The van der Waals surface area contributed by atoms with Crippen molar-refractivity contribution < 1.29 is 10.2 Å². The number of fused-ring (bicyclic) bond motifs is 2. The molecule has 0 aromatic heterocycles. The summed E-state index contributed by atoms with van der Waals surface area (Å²) >= 11 is 0. The summed E-state index contributed by atoms with van der Waals surface area (Å²) in [6.45, 7) is 3.89. The molecular weight excluding hydrogens is 424 g/mol. The fraction of sp³-hybridized carbons (Fsp3) is 0.0714. The average molecular weight is 447 g/mol. The van der Waals surface area contributed by atoms with Crippen molar-refractivity contribution in [3.63, 3.8) is 0 Å². The standard InChI is InChI=1S/C28H22N4O2/c1-17-15-18(2)24(30-32-28-22-10-6-4-8-20(22)12-14-26(28)34)16-23(17)29-31-27-21-9-5-3-7-19(21)11-13-25(27)33/h3-16,33-34H,1-2H3. The molecule has 0 unspecified atom stereocenters. The number of rotatable bonds is 4. The lowest BCUT2D eigenvalue weighted by molar-refractivity contribution is 0.476. The van der Waals surface area contributed by atoms with Crippen LogP contribution in [0.15, 0.2) is 105 Å². The molecule has 0 aliphatic carbocycles. The summed E-state index contributed by atoms with van der Waals surface area (Å²) in [5, 5.41) is 41.9. The van der Waals surface area contributed by atoms with Gasteiger partial charge in [-0.05, 0) is 53.9 Å². The lowest BCUT2D eigenvalue weighted by atomic mass is 10.1. The highest BCUT2D eigenvalue weighted by Crippen LogP contribution is 2.39. The summed E-state index contributed by atoms with van der Waals surface area (Å²) < 4.78 is 0. The van der Waals surface area contributed by atoms with E-state index >= 15 is 0 Å². The Morgan fingerprint density at radius 2 is 0.941 bits per heavy atom. The van der Waals surface area contributed by atoms with E-state index < -0.39 is 0 Å². The zero-order chi connectivity index (χ0) is 23.7. The molecule has 5 aromatic carbocycles. The quantitative estimate of drug-likeness (QED) is 0.270. The second kappa shape index (κ2) is 8.75. The van der Waals surface area contributed by atoms with E-state index in [1.807, 2.05) is 86.6 Å². The topological polar surface area (TPSA) is 89.9 Å². The number of aryl methyl sites for hydroxylation is 2. The molecule has 0 fully saturated rings. The molecule has 166 valence electrons. The second-order valence-electron chi connectivity index (χ2n) is 8.13. The molecule has 6 heteroatoms. The van der Waals surface area contributed by atoms with E-state index in [1.165, 1.54) is 0 Å². The normalized spacial score (nSPS) is 11.8. The number of phenolic OH excluding ortho intramolecular Hbond substituents is 2. The third kappa shape index (κ3) is 3.97. The molecule has 5 rings (SSSR count). The molecule has 0 saturated carbocycles. The summed E-state index contributed by atoms with van der Waals surface area (Å²) in [4.78, 5) is 0. The van der Waals surface area contributed by atoms with Crippen LogP contribution < -0.4 is 0 Å². The van der Waals surface area contributed by atoms with Crippen molar-refractivity contribution in [3.05, 3.63) is 96.1 Å². The monoisotopic (exact) mass is 446 g/mol. The molecule has 0 amide bonds. The minimum absolute atomic E-state index is 0.0681. The Morgan fingerprint density at radius 1 is 0.500 bits per heavy atom. The summed E-state index contributed by atoms with van der Waals surface area (Å²) in [5.41, 5.74) is 3.92. The van der Waals surface area contributed by atoms with Gasteiger partial charge < -0.3 is 10.2 Å². The highest BCUT2D eigenvalue weighted by atomic mass is 16.3. The van der Waals surface area contributed by atoms with Crippen molar-refractivity contribution in [2.75, 3.05) is 0 Å². The van der Waals surface area contributed by atoms with Gasteiger partial charge in [0.1, 0.15) is 22.9 Å². The van der Waals surface area contributed by atoms with Gasteiger partial charge >= 0.3 is 0 Å². The molecule has 34 heavy (non-hydrogen) atoms. The van der Waals surface area contributed by atoms with Crippen LogP contribution in [0.2, 0.25) is 0 Å². The predicted octanol–water partition coefficient (Wildman–Crippen LogP) is 8.85. The smallest absolute Gasteiger partial charge is 0.143 e. The maximum Gasteiger partial charge on any atom is 0.143 e. The first-order valence-electron chi connectivity index (χ1n) is 10.9. The van der Waals surface area contributed by atoms with Crippen LogP contribution in [0.5, 0.6) is 11.5 Å². The van der Waals surface area contributed by atoms with Gasteiger partial charge in [-0.2, -0.15) is 10.2 Å². The van der Waals surface area contributed by atoms with Crippen molar-refractivity contribution in [2.45, 2.75) is 13.8 Å². The fourth-order valence-electron chi connectivity index (χ4n) is 3.95. The molecule has 0 aliphatic heterocycles. The number of hydrogen-bond donors (Lipinski definition) is 2. The summed E-state index contributed by atoms with van der Waals surface area (Å²) in [6, 6.07) is 26.1. The second-order valence-corrected chi connectivity index (χ2v) is 8.13. The van der Waals surface area contributed by atoms with Crippen LogP contribution in [-0.2, 0) is 0 Å². The predicted molar refractivity (Wildman–Crippen MR) is 135 cm³/mol. The number of aromatic hydroxyl groups is 2. The molecular formula is C28H22N4O2. The van der Waals surface area contributed by atoms with Crippen LogP contribution in [0.4, 0.5) is 22.7 Å². The molecule has 6 nitrogen and oxygen atoms in total. The van der Waals surface area contributed by atoms with E-state index in [4.69, 9.17) is 0 Å². The minimum Gasteiger partial charge on any atom is -0.506 e. The Kier molecular flexibility index (Phi) is 5.47. The van der Waals surface area contributed by atoms with Crippen LogP contribution in [0.25, 0.3) is 21.5 Å². The molecule has 0 saturated heterocycles. The van der Waals surface area contributed by atoms with Crippen molar-refractivity contribution in [1.82, 2.24) is 0 Å². The molecule has 0 heterocycles. The van der Waals surface area contributed by atoms with Gasteiger partial charge in [0, 0.05) is 10.8 Å². The highest BCUT2D eigenvalue weighted by molar-refractivity contribution is 5.96. The molecule has 2 N–H and O–H groups in total. The zero-order valence-electron chi connectivity index (χ0n) is 18.8. The fourth-order valence-corrected chi connectivity index (χ4v) is 3.95. The molecule has 0 spiro atoms. The Bertz CT molecular complexity index is 1490. The maximum absolute atomic E-state index is 10.4. The van der Waals surface area contributed by atoms with Crippen molar-refractivity contribution >= 4 is 44.3 Å². The van der Waals surface area contributed by atoms with Gasteiger partial charge in [0.25, 0.3) is 0 Å². The highest BCUT2D eigenvalue weighted by Gasteiger charge is 2.09. The number of nitrogens with zero attached hydrogens (tertiary/aromatic N) is 4. The number of benzene rings is 5. The van der Waals surface area contributed by atoms with Crippen LogP contribution in [0.3, 0.4) is 0 Å². The SMILES string of the molecule is Cc1cc(C)c(N=Nc2c(O)ccc3ccccc23)cc1N=Nc1c(O)ccc2ccccc12. The Hall–Kier alpha value is -4.58. The third-order valence-corrected chi connectivity index (χ3v) is 5.79. The van der Waals surface area contributed by atoms with E-state index in [1.54, 1.807) is 12.1 Å². The molecule has 0 aliphatic rings. The number of phenols is 2. The van der Waals surface area contributed by atoms with Crippen molar-refractivity contribution in [2.24, 2.45) is 20.5 Å². The van der Waals surface area contributed by atoms with Gasteiger partial charge in [-0.15, -0.1) is 10.2 Å². The van der Waals surface area contributed by atoms with Crippen LogP contribution in [-0.4, -0.2) is 10.2 Å². The average Bonchev–Trinajstić information content (AvgIpc) is 2.84. The molecule has 0 radical (unpaired) electrons. The van der Waals surface area contributed by atoms with Gasteiger partial charge in [0.15, 0.2) is 0 Å². The summed E-state index contributed by atoms with van der Waals surface area (Å²) in [7, 11) is 0. The number of hydrogen-bond acceptors (Lipinski definition) is 6. The first kappa shape index (κ1) is 21.3. The van der Waals surface area contributed by atoms with Crippen LogP contribution in [0, 0.1) is 13.8 Å². The minimum atomic E-state index is 0.0681. The van der Waals surface area contributed by atoms with E-state index in [-0.39, 0.29) is 11.5 Å². The van der Waals surface area contributed by atoms with Crippen LogP contribution >= 0.6 is 0 Å². The van der Waals surface area contributed by atoms with Crippen LogP contribution in [0.1, 0.15) is 11.1 Å². The van der Waals surface area contributed by atoms with E-state index in [0.717, 1.165) is 32.7 Å².